The summed E-state index contributed by atoms with van der Waals surface area (Å²) in [6, 6.07) is 16.5. The number of amides is 1. The van der Waals surface area contributed by atoms with Crippen LogP contribution in [-0.2, 0) is 11.3 Å². The Morgan fingerprint density at radius 3 is 2.76 bits per heavy atom. The maximum atomic E-state index is 12.6. The van der Waals surface area contributed by atoms with E-state index in [1.165, 1.54) is 5.56 Å². The summed E-state index contributed by atoms with van der Waals surface area (Å²) in [7, 11) is 0. The number of alkyl halides is 2. The zero-order valence-electron chi connectivity index (χ0n) is 13.7. The minimum absolute atomic E-state index is 0.0763. The van der Waals surface area contributed by atoms with Gasteiger partial charge in [0.1, 0.15) is 0 Å². The molecule has 0 aromatic heterocycles. The second kappa shape index (κ2) is 8.45. The number of carbonyl (C=O) groups excluding carboxylic acids is 1. The fraction of sp³-hybridized carbons (Fsp3) is 0.316. The number of anilines is 1. The van der Waals surface area contributed by atoms with E-state index in [1.54, 1.807) is 24.3 Å². The van der Waals surface area contributed by atoms with Crippen LogP contribution in [-0.4, -0.2) is 29.2 Å². The number of nitrogens with zero attached hydrogens (tertiary/aromatic N) is 1. The van der Waals surface area contributed by atoms with E-state index in [4.69, 9.17) is 0 Å². The van der Waals surface area contributed by atoms with Gasteiger partial charge in [0.15, 0.2) is 0 Å². The van der Waals surface area contributed by atoms with Crippen molar-refractivity contribution in [3.05, 3.63) is 60.2 Å². The molecule has 1 amide bonds. The minimum atomic E-state index is -2.47. The second-order valence-electron chi connectivity index (χ2n) is 6.01. The molecule has 2 aromatic carbocycles. The molecule has 0 bridgehead atoms. The molecule has 3 rings (SSSR count). The molecule has 0 saturated carbocycles. The number of nitrogens with one attached hydrogen (secondary N) is 1. The third-order valence-corrected chi connectivity index (χ3v) is 4.93. The molecule has 1 unspecified atom stereocenters. The Kier molecular flexibility index (Phi) is 6.04. The minimum Gasteiger partial charge on any atom is -0.325 e. The lowest BCUT2D eigenvalue weighted by Gasteiger charge is -2.23. The van der Waals surface area contributed by atoms with Gasteiger partial charge in [-0.3, -0.25) is 9.69 Å². The molecule has 1 aliphatic rings. The van der Waals surface area contributed by atoms with Crippen LogP contribution in [0.1, 0.15) is 18.4 Å². The summed E-state index contributed by atoms with van der Waals surface area (Å²) in [5.41, 5.74) is 1.74. The van der Waals surface area contributed by atoms with Gasteiger partial charge < -0.3 is 5.32 Å². The van der Waals surface area contributed by atoms with Crippen LogP contribution >= 0.6 is 11.8 Å². The Balaban J connectivity index is 1.64. The highest BCUT2D eigenvalue weighted by atomic mass is 32.2. The number of thioether (sulfide) groups is 1. The molecule has 3 nitrogen and oxygen atoms in total. The lowest BCUT2D eigenvalue weighted by Crippen LogP contribution is -2.39. The van der Waals surface area contributed by atoms with Crippen LogP contribution < -0.4 is 5.32 Å². The number of carbonyl (C=O) groups is 1. The van der Waals surface area contributed by atoms with Gasteiger partial charge >= 0.3 is 0 Å². The molecule has 1 heterocycles. The number of hydrogen-bond acceptors (Lipinski definition) is 3. The van der Waals surface area contributed by atoms with Crippen LogP contribution in [0.3, 0.4) is 0 Å². The maximum absolute atomic E-state index is 12.6. The zero-order chi connectivity index (χ0) is 17.6. The highest BCUT2D eigenvalue weighted by molar-refractivity contribution is 7.99. The summed E-state index contributed by atoms with van der Waals surface area (Å²) in [5, 5.41) is 2.87. The van der Waals surface area contributed by atoms with Crippen molar-refractivity contribution in [1.29, 1.82) is 0 Å². The van der Waals surface area contributed by atoms with Gasteiger partial charge in [-0.2, -0.15) is 8.78 Å². The molecule has 0 aliphatic carbocycles. The number of likely N-dealkylation sites (tertiary alicyclic amines) is 1. The van der Waals surface area contributed by atoms with Gasteiger partial charge in [-0.1, -0.05) is 48.2 Å². The normalized spacial score (nSPS) is 17.8. The molecule has 132 valence electrons. The molecule has 1 fully saturated rings. The van der Waals surface area contributed by atoms with Crippen LogP contribution in [0, 0.1) is 0 Å². The van der Waals surface area contributed by atoms with Gasteiger partial charge in [0.25, 0.3) is 5.76 Å². The molecule has 1 atom stereocenters. The van der Waals surface area contributed by atoms with E-state index in [0.717, 1.165) is 25.9 Å². The van der Waals surface area contributed by atoms with Gasteiger partial charge in [-0.05, 0) is 43.1 Å². The van der Waals surface area contributed by atoms with Gasteiger partial charge in [0.05, 0.1) is 6.04 Å². The Labute approximate surface area is 150 Å². The number of benzene rings is 2. The first-order valence-electron chi connectivity index (χ1n) is 8.25. The standard InChI is InChI=1S/C19H20F2N2OS/c20-19(21)25-16-9-4-8-15(12-16)22-18(24)17-10-5-11-23(17)13-14-6-2-1-3-7-14/h1-4,6-9,12,17,19H,5,10-11,13H2,(H,22,24). The molecular weight excluding hydrogens is 342 g/mol. The summed E-state index contributed by atoms with van der Waals surface area (Å²) < 4.78 is 25.0. The molecule has 25 heavy (non-hydrogen) atoms. The van der Waals surface area contributed by atoms with Crippen molar-refractivity contribution in [2.75, 3.05) is 11.9 Å². The first-order valence-corrected chi connectivity index (χ1v) is 9.13. The van der Waals surface area contributed by atoms with Crippen LogP contribution in [0.2, 0.25) is 0 Å². The van der Waals surface area contributed by atoms with Crippen LogP contribution in [0.4, 0.5) is 14.5 Å². The van der Waals surface area contributed by atoms with E-state index < -0.39 is 5.76 Å². The van der Waals surface area contributed by atoms with Gasteiger partial charge in [0, 0.05) is 17.1 Å². The molecular formula is C19H20F2N2OS. The third kappa shape index (κ3) is 5.03. The topological polar surface area (TPSA) is 32.3 Å². The summed E-state index contributed by atoms with van der Waals surface area (Å²) in [5.74, 6) is -2.55. The van der Waals surface area contributed by atoms with E-state index in [0.29, 0.717) is 22.3 Å². The quantitative estimate of drug-likeness (QED) is 0.762. The third-order valence-electron chi connectivity index (χ3n) is 4.22. The van der Waals surface area contributed by atoms with E-state index in [2.05, 4.69) is 22.3 Å². The van der Waals surface area contributed by atoms with Crippen molar-refractivity contribution >= 4 is 23.4 Å². The molecule has 1 aliphatic heterocycles. The maximum Gasteiger partial charge on any atom is 0.288 e. The summed E-state index contributed by atoms with van der Waals surface area (Å²) in [4.78, 5) is 15.3. The van der Waals surface area contributed by atoms with Crippen molar-refractivity contribution in [1.82, 2.24) is 4.90 Å². The highest BCUT2D eigenvalue weighted by Crippen LogP contribution is 2.28. The van der Waals surface area contributed by atoms with Crippen LogP contribution in [0.15, 0.2) is 59.5 Å². The largest absolute Gasteiger partial charge is 0.325 e. The number of hydrogen-bond donors (Lipinski definition) is 1. The Morgan fingerprint density at radius 2 is 2.00 bits per heavy atom. The van der Waals surface area contributed by atoms with Gasteiger partial charge in [-0.25, -0.2) is 0 Å². The molecule has 2 aromatic rings. The number of halogens is 2. The molecule has 1 saturated heterocycles. The van der Waals surface area contributed by atoms with Crippen molar-refractivity contribution in [3.63, 3.8) is 0 Å². The summed E-state index contributed by atoms with van der Waals surface area (Å²) >= 11 is 0.479. The fourth-order valence-corrected chi connectivity index (χ4v) is 3.66. The summed E-state index contributed by atoms with van der Waals surface area (Å²) in [6.45, 7) is 1.62. The predicted octanol–water partition coefficient (Wildman–Crippen LogP) is 4.60. The Morgan fingerprint density at radius 1 is 1.20 bits per heavy atom. The predicted molar refractivity (Wildman–Crippen MR) is 96.8 cm³/mol. The van der Waals surface area contributed by atoms with E-state index in [-0.39, 0.29) is 11.9 Å². The SMILES string of the molecule is O=C(Nc1cccc(SC(F)F)c1)C1CCCN1Cc1ccccc1. The van der Waals surface area contributed by atoms with Crippen molar-refractivity contribution in [2.45, 2.75) is 36.1 Å². The van der Waals surface area contributed by atoms with Crippen LogP contribution in [0.25, 0.3) is 0 Å². The van der Waals surface area contributed by atoms with E-state index in [1.807, 2.05) is 18.2 Å². The molecule has 0 spiro atoms. The lowest BCUT2D eigenvalue weighted by molar-refractivity contribution is -0.120. The van der Waals surface area contributed by atoms with Gasteiger partial charge in [0.2, 0.25) is 5.91 Å². The van der Waals surface area contributed by atoms with E-state index >= 15 is 0 Å². The Bertz CT molecular complexity index is 712. The molecule has 1 N–H and O–H groups in total. The van der Waals surface area contributed by atoms with Gasteiger partial charge in [-0.15, -0.1) is 0 Å². The smallest absolute Gasteiger partial charge is 0.288 e. The molecule has 0 radical (unpaired) electrons. The summed E-state index contributed by atoms with van der Waals surface area (Å²) in [6.07, 6.45) is 1.79. The van der Waals surface area contributed by atoms with E-state index in [9.17, 15) is 13.6 Å². The zero-order valence-corrected chi connectivity index (χ0v) is 14.5. The van der Waals surface area contributed by atoms with Crippen LogP contribution in [0.5, 0.6) is 0 Å². The fourth-order valence-electron chi connectivity index (χ4n) is 3.11. The highest BCUT2D eigenvalue weighted by Gasteiger charge is 2.30. The Hall–Kier alpha value is -1.92. The van der Waals surface area contributed by atoms with Crippen molar-refractivity contribution in [2.24, 2.45) is 0 Å². The molecule has 6 heteroatoms. The van der Waals surface area contributed by atoms with Crippen molar-refractivity contribution < 1.29 is 13.6 Å². The first kappa shape index (κ1) is 17.9. The monoisotopic (exact) mass is 362 g/mol. The first-order chi connectivity index (χ1) is 12.1. The average Bonchev–Trinajstić information content (AvgIpc) is 3.04. The lowest BCUT2D eigenvalue weighted by atomic mass is 10.1. The number of rotatable bonds is 6. The second-order valence-corrected chi connectivity index (χ2v) is 7.07. The average molecular weight is 362 g/mol. The van der Waals surface area contributed by atoms with Crippen molar-refractivity contribution in [3.8, 4) is 0 Å².